The molecule has 0 bridgehead atoms. The molecular formula is C11H14BrClN2. The van der Waals surface area contributed by atoms with Gasteiger partial charge in [-0.25, -0.2) is 0 Å². The van der Waals surface area contributed by atoms with Crippen LogP contribution in [0.15, 0.2) is 22.7 Å². The Labute approximate surface area is 103 Å². The molecule has 2 rings (SSSR count). The van der Waals surface area contributed by atoms with Gasteiger partial charge in [-0.1, -0.05) is 40.4 Å². The maximum absolute atomic E-state index is 6.16. The average molecular weight is 290 g/mol. The van der Waals surface area contributed by atoms with Crippen molar-refractivity contribution in [1.82, 2.24) is 5.43 Å². The van der Waals surface area contributed by atoms with Crippen LogP contribution in [0, 0.1) is 5.92 Å². The third kappa shape index (κ3) is 2.94. The molecule has 0 aromatic heterocycles. The van der Waals surface area contributed by atoms with Crippen molar-refractivity contribution in [2.75, 3.05) is 0 Å². The summed E-state index contributed by atoms with van der Waals surface area (Å²) in [5.74, 6) is 6.40. The summed E-state index contributed by atoms with van der Waals surface area (Å²) in [4.78, 5) is 0. The summed E-state index contributed by atoms with van der Waals surface area (Å²) in [6.07, 6.45) is 3.72. The van der Waals surface area contributed by atoms with E-state index in [4.69, 9.17) is 17.4 Å². The second-order valence-corrected chi connectivity index (χ2v) is 5.39. The molecule has 0 aliphatic heterocycles. The highest BCUT2D eigenvalue weighted by Gasteiger charge is 2.26. The Kier molecular flexibility index (Phi) is 3.67. The van der Waals surface area contributed by atoms with Crippen LogP contribution in [-0.2, 0) is 0 Å². The van der Waals surface area contributed by atoms with E-state index in [-0.39, 0.29) is 6.04 Å². The van der Waals surface area contributed by atoms with Crippen molar-refractivity contribution in [2.24, 2.45) is 11.8 Å². The van der Waals surface area contributed by atoms with Crippen LogP contribution in [0.5, 0.6) is 0 Å². The summed E-state index contributed by atoms with van der Waals surface area (Å²) in [7, 11) is 0. The summed E-state index contributed by atoms with van der Waals surface area (Å²) in [5.41, 5.74) is 3.94. The first kappa shape index (κ1) is 11.4. The van der Waals surface area contributed by atoms with Crippen molar-refractivity contribution >= 4 is 27.5 Å². The van der Waals surface area contributed by atoms with Gasteiger partial charge in [0.25, 0.3) is 0 Å². The van der Waals surface area contributed by atoms with E-state index in [1.165, 1.54) is 12.8 Å². The van der Waals surface area contributed by atoms with Gasteiger partial charge in [-0.15, -0.1) is 0 Å². The van der Waals surface area contributed by atoms with Crippen molar-refractivity contribution in [3.8, 4) is 0 Å². The molecule has 4 heteroatoms. The van der Waals surface area contributed by atoms with E-state index in [1.54, 1.807) is 0 Å². The van der Waals surface area contributed by atoms with E-state index in [0.717, 1.165) is 27.4 Å². The fourth-order valence-electron chi connectivity index (χ4n) is 1.75. The van der Waals surface area contributed by atoms with Crippen LogP contribution >= 0.6 is 27.5 Å². The molecule has 15 heavy (non-hydrogen) atoms. The maximum atomic E-state index is 6.16. The van der Waals surface area contributed by atoms with Crippen molar-refractivity contribution in [3.63, 3.8) is 0 Å². The summed E-state index contributed by atoms with van der Waals surface area (Å²) in [6, 6.07) is 6.05. The molecule has 0 amide bonds. The van der Waals surface area contributed by atoms with Crippen molar-refractivity contribution in [2.45, 2.75) is 25.3 Å². The fourth-order valence-corrected chi connectivity index (χ4v) is 2.38. The van der Waals surface area contributed by atoms with E-state index < -0.39 is 0 Å². The minimum absolute atomic E-state index is 0.169. The minimum atomic E-state index is 0.169. The summed E-state index contributed by atoms with van der Waals surface area (Å²) < 4.78 is 1.04. The normalized spacial score (nSPS) is 17.8. The Balaban J connectivity index is 2.19. The maximum Gasteiger partial charge on any atom is 0.0477 e. The lowest BCUT2D eigenvalue weighted by molar-refractivity contribution is 0.487. The third-order valence-electron chi connectivity index (χ3n) is 2.80. The second-order valence-electron chi connectivity index (χ2n) is 4.06. The smallest absolute Gasteiger partial charge is 0.0477 e. The van der Waals surface area contributed by atoms with Gasteiger partial charge < -0.3 is 0 Å². The zero-order valence-electron chi connectivity index (χ0n) is 8.34. The lowest BCUT2D eigenvalue weighted by Crippen LogP contribution is -2.28. The molecule has 1 aliphatic carbocycles. The molecule has 82 valence electrons. The number of rotatable bonds is 4. The van der Waals surface area contributed by atoms with Gasteiger partial charge in [0.1, 0.15) is 0 Å². The van der Waals surface area contributed by atoms with E-state index in [2.05, 4.69) is 21.4 Å². The number of benzene rings is 1. The van der Waals surface area contributed by atoms with Gasteiger partial charge in [0.15, 0.2) is 0 Å². The van der Waals surface area contributed by atoms with E-state index in [1.807, 2.05) is 18.2 Å². The Morgan fingerprint density at radius 1 is 1.53 bits per heavy atom. The summed E-state index contributed by atoms with van der Waals surface area (Å²) in [5, 5.41) is 0.779. The molecule has 1 atom stereocenters. The van der Waals surface area contributed by atoms with Gasteiger partial charge in [-0.05, 0) is 36.1 Å². The number of nitrogens with two attached hydrogens (primary N) is 1. The molecule has 0 heterocycles. The molecule has 0 saturated heterocycles. The molecule has 3 N–H and O–H groups in total. The largest absolute Gasteiger partial charge is 0.271 e. The zero-order valence-corrected chi connectivity index (χ0v) is 10.7. The monoisotopic (exact) mass is 288 g/mol. The van der Waals surface area contributed by atoms with E-state index >= 15 is 0 Å². The first-order valence-electron chi connectivity index (χ1n) is 5.12. The average Bonchev–Trinajstić information content (AvgIpc) is 3.02. The molecule has 1 saturated carbocycles. The highest BCUT2D eigenvalue weighted by atomic mass is 79.9. The van der Waals surface area contributed by atoms with E-state index in [0.29, 0.717) is 0 Å². The van der Waals surface area contributed by atoms with Gasteiger partial charge in [-0.2, -0.15) is 0 Å². The van der Waals surface area contributed by atoms with Crippen LogP contribution in [0.1, 0.15) is 30.9 Å². The Morgan fingerprint density at radius 3 is 2.87 bits per heavy atom. The van der Waals surface area contributed by atoms with Gasteiger partial charge >= 0.3 is 0 Å². The second kappa shape index (κ2) is 4.83. The number of nitrogens with one attached hydrogen (secondary N) is 1. The lowest BCUT2D eigenvalue weighted by atomic mass is 10.0. The van der Waals surface area contributed by atoms with E-state index in [9.17, 15) is 0 Å². The van der Waals surface area contributed by atoms with Crippen LogP contribution in [0.2, 0.25) is 5.02 Å². The number of hydrogen-bond acceptors (Lipinski definition) is 2. The number of hydrazine groups is 1. The summed E-state index contributed by atoms with van der Waals surface area (Å²) >= 11 is 9.61. The zero-order chi connectivity index (χ0) is 10.8. The molecule has 0 spiro atoms. The van der Waals surface area contributed by atoms with Gasteiger partial charge in [0, 0.05) is 15.5 Å². The number of hydrogen-bond donors (Lipinski definition) is 2. The van der Waals surface area contributed by atoms with Gasteiger partial charge in [-0.3, -0.25) is 11.3 Å². The molecule has 1 fully saturated rings. The lowest BCUT2D eigenvalue weighted by Gasteiger charge is -2.17. The van der Waals surface area contributed by atoms with Crippen LogP contribution < -0.4 is 11.3 Å². The van der Waals surface area contributed by atoms with Gasteiger partial charge in [0.05, 0.1) is 0 Å². The topological polar surface area (TPSA) is 38.0 Å². The quantitative estimate of drug-likeness (QED) is 0.658. The Hall–Kier alpha value is -0.0900. The fraction of sp³-hybridized carbons (Fsp3) is 0.455. The first-order valence-corrected chi connectivity index (χ1v) is 6.29. The molecule has 1 aromatic rings. The molecule has 0 radical (unpaired) electrons. The van der Waals surface area contributed by atoms with Gasteiger partial charge in [0.2, 0.25) is 0 Å². The van der Waals surface area contributed by atoms with Crippen LogP contribution in [-0.4, -0.2) is 0 Å². The number of halogens is 2. The molecule has 1 unspecified atom stereocenters. The minimum Gasteiger partial charge on any atom is -0.271 e. The van der Waals surface area contributed by atoms with Crippen molar-refractivity contribution in [3.05, 3.63) is 33.3 Å². The van der Waals surface area contributed by atoms with Crippen molar-refractivity contribution < 1.29 is 0 Å². The SMILES string of the molecule is NNC(CC1CC1)c1cc(Br)ccc1Cl. The Bertz CT molecular complexity index is 352. The highest BCUT2D eigenvalue weighted by Crippen LogP contribution is 2.39. The predicted octanol–water partition coefficient (Wildman–Crippen LogP) is 3.41. The van der Waals surface area contributed by atoms with Crippen molar-refractivity contribution in [1.29, 1.82) is 0 Å². The first-order chi connectivity index (χ1) is 7.20. The third-order valence-corrected chi connectivity index (χ3v) is 3.64. The molecule has 1 aromatic carbocycles. The molecular weight excluding hydrogens is 275 g/mol. The van der Waals surface area contributed by atoms with Crippen LogP contribution in [0.25, 0.3) is 0 Å². The highest BCUT2D eigenvalue weighted by molar-refractivity contribution is 9.10. The molecule has 1 aliphatic rings. The summed E-state index contributed by atoms with van der Waals surface area (Å²) in [6.45, 7) is 0. The Morgan fingerprint density at radius 2 is 2.27 bits per heavy atom. The molecule has 2 nitrogen and oxygen atoms in total. The van der Waals surface area contributed by atoms with Crippen LogP contribution in [0.4, 0.5) is 0 Å². The predicted molar refractivity (Wildman–Crippen MR) is 66.6 cm³/mol. The van der Waals surface area contributed by atoms with Crippen LogP contribution in [0.3, 0.4) is 0 Å². The standard InChI is InChI=1S/C11H14BrClN2/c12-8-3-4-10(13)9(6-8)11(15-14)5-7-1-2-7/h3-4,6-7,11,15H,1-2,5,14H2.